The Labute approximate surface area is 310 Å². The number of likely N-dealkylation sites (N-methyl/N-ethyl adjacent to an activating group) is 2. The lowest BCUT2D eigenvalue weighted by Crippen LogP contribution is -2.58. The van der Waals surface area contributed by atoms with Crippen LogP contribution in [0.4, 0.5) is 11.6 Å². The van der Waals surface area contributed by atoms with Gasteiger partial charge in [-0.25, -0.2) is 9.97 Å². The Kier molecular flexibility index (Phi) is 10.2. The lowest BCUT2D eigenvalue weighted by Gasteiger charge is -2.35. The van der Waals surface area contributed by atoms with E-state index in [1.807, 2.05) is 24.3 Å². The molecule has 8 rings (SSSR count). The highest BCUT2D eigenvalue weighted by atomic mass is 35.7. The number of fused-ring (bicyclic) bond motifs is 2. The van der Waals surface area contributed by atoms with Gasteiger partial charge < -0.3 is 9.80 Å². The van der Waals surface area contributed by atoms with Crippen molar-refractivity contribution < 1.29 is 28.9 Å². The van der Waals surface area contributed by atoms with Gasteiger partial charge in [0.2, 0.25) is 0 Å². The van der Waals surface area contributed by atoms with E-state index in [1.165, 1.54) is 5.57 Å². The molecule has 0 saturated heterocycles. The molecule has 0 spiro atoms. The molecule has 9 nitrogen and oxygen atoms in total. The molecule has 2 aliphatic heterocycles. The summed E-state index contributed by atoms with van der Waals surface area (Å²) in [4.78, 5) is 20.6. The quantitative estimate of drug-likeness (QED) is 0.216. The summed E-state index contributed by atoms with van der Waals surface area (Å²) in [5, 5.41) is 0. The van der Waals surface area contributed by atoms with Crippen molar-refractivity contribution in [1.29, 1.82) is 0 Å². The maximum atomic E-state index is 8.60. The van der Waals surface area contributed by atoms with Crippen molar-refractivity contribution in [3.63, 3.8) is 0 Å². The van der Waals surface area contributed by atoms with E-state index in [-0.39, 0.29) is 6.17 Å². The summed E-state index contributed by atoms with van der Waals surface area (Å²) in [6.07, 6.45) is 4.69. The Hall–Kier alpha value is -5.68. The monoisotopic (exact) mass is 723 g/mol. The minimum atomic E-state index is -4.69. The molecule has 1 unspecified atom stereocenters. The van der Waals surface area contributed by atoms with Gasteiger partial charge in [-0.3, -0.25) is 4.99 Å². The van der Waals surface area contributed by atoms with Gasteiger partial charge in [0.05, 0.1) is 42.8 Å². The average molecular weight is 724 g/mol. The van der Waals surface area contributed by atoms with E-state index in [0.29, 0.717) is 0 Å². The Bertz CT molecular complexity index is 2220. The number of para-hydroxylation sites is 2. The van der Waals surface area contributed by atoms with E-state index in [9.17, 15) is 0 Å². The number of rotatable bonds is 8. The zero-order valence-corrected chi connectivity index (χ0v) is 30.0. The largest absolute Gasteiger partial charge is 0.330 e. The van der Waals surface area contributed by atoms with Crippen LogP contribution >= 0.6 is 0 Å². The third kappa shape index (κ3) is 7.09. The first kappa shape index (κ1) is 35.7. The van der Waals surface area contributed by atoms with E-state index < -0.39 is 15.7 Å². The fourth-order valence-electron chi connectivity index (χ4n) is 7.36. The predicted molar refractivity (Wildman–Crippen MR) is 202 cm³/mol. The smallest absolute Gasteiger partial charge is 0.174 e. The van der Waals surface area contributed by atoms with E-state index in [0.717, 1.165) is 69.4 Å². The molecule has 0 amide bonds. The van der Waals surface area contributed by atoms with Crippen molar-refractivity contribution in [2.45, 2.75) is 25.4 Å². The molecule has 1 atom stereocenters. The van der Waals surface area contributed by atoms with Crippen LogP contribution in [0.1, 0.15) is 36.1 Å². The second kappa shape index (κ2) is 15.1. The molecule has 0 saturated carbocycles. The molecule has 0 fully saturated rings. The lowest BCUT2D eigenvalue weighted by molar-refractivity contribution is -1.92. The maximum absolute atomic E-state index is 8.60. The van der Waals surface area contributed by atoms with Crippen LogP contribution in [-0.2, 0) is 5.41 Å². The Morgan fingerprint density at radius 2 is 1.04 bits per heavy atom. The fraction of sp³-hybridized carbons (Fsp3) is 0.140. The van der Waals surface area contributed by atoms with Gasteiger partial charge in [-0.1, -0.05) is 140 Å². The predicted octanol–water partition coefficient (Wildman–Crippen LogP) is 5.06. The Morgan fingerprint density at radius 1 is 0.623 bits per heavy atom. The molecular weight excluding hydrogens is 686 g/mol. The normalized spacial score (nSPS) is 17.3. The average Bonchev–Trinajstić information content (AvgIpc) is 3.69. The highest BCUT2D eigenvalue weighted by Crippen LogP contribution is 2.52. The summed E-state index contributed by atoms with van der Waals surface area (Å²) in [6.45, 7) is 5.98. The van der Waals surface area contributed by atoms with Gasteiger partial charge in [0.1, 0.15) is 6.17 Å². The number of hydrogen-bond donors (Lipinski definition) is 1. The highest BCUT2D eigenvalue weighted by Gasteiger charge is 2.47. The first-order chi connectivity index (χ1) is 25.7. The van der Waals surface area contributed by atoms with Crippen LogP contribution in [0.2, 0.25) is 0 Å². The summed E-state index contributed by atoms with van der Waals surface area (Å²) < 4.78 is 32.7. The molecule has 3 heterocycles. The summed E-state index contributed by atoms with van der Waals surface area (Å²) >= 11 is 0. The molecular formula is C43H38ClN5O4. The summed E-state index contributed by atoms with van der Waals surface area (Å²) in [5.74, 6) is 1.85. The van der Waals surface area contributed by atoms with Crippen molar-refractivity contribution in [2.75, 3.05) is 22.9 Å². The molecule has 0 bridgehead atoms. The molecule has 266 valence electrons. The Balaban J connectivity index is 0.000000817. The summed E-state index contributed by atoms with van der Waals surface area (Å²) in [6, 6.07) is 51.0. The van der Waals surface area contributed by atoms with Gasteiger partial charge in [-0.15, -0.1) is 0 Å². The second-order valence-corrected chi connectivity index (χ2v) is 13.3. The van der Waals surface area contributed by atoms with E-state index in [1.54, 1.807) is 0 Å². The number of nitrogens with zero attached hydrogens (tertiary/aromatic N) is 5. The van der Waals surface area contributed by atoms with Crippen molar-refractivity contribution in [2.24, 2.45) is 4.99 Å². The number of allylic oxidation sites excluding steroid dienone is 2. The Morgan fingerprint density at radius 3 is 1.51 bits per heavy atom. The van der Waals surface area contributed by atoms with Crippen LogP contribution in [-0.4, -0.2) is 39.6 Å². The van der Waals surface area contributed by atoms with Crippen LogP contribution in [0, 0.1) is 10.2 Å². The van der Waals surface area contributed by atoms with Crippen LogP contribution < -0.4 is 23.8 Å². The van der Waals surface area contributed by atoms with Crippen LogP contribution in [0.3, 0.4) is 0 Å². The molecule has 0 aliphatic carbocycles. The minimum Gasteiger partial charge on any atom is -0.330 e. The number of hydrogen-bond acceptors (Lipinski definition) is 9. The second-order valence-electron chi connectivity index (χ2n) is 12.6. The van der Waals surface area contributed by atoms with Gasteiger partial charge in [-0.05, 0) is 48.7 Å². The zero-order chi connectivity index (χ0) is 37.0. The third-order valence-corrected chi connectivity index (χ3v) is 9.53. The van der Waals surface area contributed by atoms with Crippen LogP contribution in [0.25, 0.3) is 22.3 Å². The van der Waals surface area contributed by atoms with Gasteiger partial charge in [0, 0.05) is 24.2 Å². The molecule has 1 aromatic heterocycles. The molecule has 2 aliphatic rings. The highest BCUT2D eigenvalue weighted by molar-refractivity contribution is 6.26. The van der Waals surface area contributed by atoms with Crippen LogP contribution in [0.15, 0.2) is 163 Å². The molecule has 5 aromatic carbocycles. The van der Waals surface area contributed by atoms with E-state index >= 15 is 0 Å². The van der Waals surface area contributed by atoms with Crippen molar-refractivity contribution in [1.82, 2.24) is 9.97 Å². The summed E-state index contributed by atoms with van der Waals surface area (Å²) in [7, 11) is -4.69. The molecule has 0 radical (unpaired) electrons. The number of aliphatic imine (C=N–C) groups is 1. The van der Waals surface area contributed by atoms with Crippen molar-refractivity contribution in [3.05, 3.63) is 180 Å². The molecule has 10 heteroatoms. The third-order valence-electron chi connectivity index (χ3n) is 9.53. The van der Waals surface area contributed by atoms with Gasteiger partial charge in [-0.2, -0.15) is 14.0 Å². The van der Waals surface area contributed by atoms with Gasteiger partial charge in [0.15, 0.2) is 11.6 Å². The first-order valence-electron chi connectivity index (χ1n) is 17.4. The number of halogens is 1. The van der Waals surface area contributed by atoms with Gasteiger partial charge >= 0.3 is 0 Å². The van der Waals surface area contributed by atoms with Crippen molar-refractivity contribution >= 4 is 39.7 Å². The zero-order valence-electron chi connectivity index (χ0n) is 29.3. The molecule has 6 aromatic rings. The van der Waals surface area contributed by atoms with E-state index in [2.05, 4.69) is 157 Å². The summed E-state index contributed by atoms with van der Waals surface area (Å²) in [5.41, 5.74) is 8.77. The number of benzene rings is 5. The fourth-order valence-corrected chi connectivity index (χ4v) is 7.36. The first-order valence-corrected chi connectivity index (χ1v) is 18.7. The standard InChI is InChI=1S/C43H37N5.ClHO4/c1-3-47-37(48(4-2)42-41(47)44-35-27-17-18-28-36(35)45-42)29-30-43(34-25-15-8-16-26-34)38(31-19-9-5-10-20-31)39(32-21-11-6-12-22-32)46-40(43)33-23-13-7-14-24-33;2-1(3,4)5/h5-30,37H,3-4H2,1-2H3;(H,2,3,4,5). The van der Waals surface area contributed by atoms with Crippen molar-refractivity contribution in [3.8, 4) is 0 Å². The minimum absolute atomic E-state index is 0.0813. The number of aromatic nitrogens is 2. The lowest BCUT2D eigenvalue weighted by atomic mass is 9.67. The topological polar surface area (TPSA) is 134 Å². The molecule has 1 N–H and O–H groups in total. The van der Waals surface area contributed by atoms with Gasteiger partial charge in [0.25, 0.3) is 0 Å². The SMILES string of the molecule is CCN1c2nc3ccccc3nc2N(CC)C1C=CC1(c2ccccc2)C(c2ccccc2)=NC(c2ccccc2)=C1c1ccccc1.[O-][Cl+3]([O-])([O-])O. The maximum Gasteiger partial charge on any atom is 0.174 e. The van der Waals surface area contributed by atoms with Crippen LogP contribution in [0.5, 0.6) is 0 Å². The van der Waals surface area contributed by atoms with E-state index in [4.69, 9.17) is 33.6 Å². The molecule has 53 heavy (non-hydrogen) atoms. The number of anilines is 2.